The maximum Gasteiger partial charge on any atom is 0.293 e. The Hall–Kier alpha value is -0.250. The van der Waals surface area contributed by atoms with E-state index in [1.165, 1.54) is 0 Å². The molecule has 0 spiro atoms. The molecule has 0 aromatic heterocycles. The predicted octanol–water partition coefficient (Wildman–Crippen LogP) is -2.81. The Morgan fingerprint density at radius 3 is 2.40 bits per heavy atom. The van der Waals surface area contributed by atoms with E-state index in [9.17, 15) is 25.2 Å². The van der Waals surface area contributed by atoms with Crippen LogP contribution in [-0.2, 0) is 28.5 Å². The third-order valence-electron chi connectivity index (χ3n) is 2.78. The average molecular weight is 365 g/mol. The lowest BCUT2D eigenvalue weighted by molar-refractivity contribution is -0.662. The molecule has 0 saturated carbocycles. The zero-order valence-corrected chi connectivity index (χ0v) is 11.6. The van der Waals surface area contributed by atoms with Gasteiger partial charge in [0.25, 0.3) is 11.6 Å². The maximum absolute atomic E-state index is 11.5. The molecule has 20 heavy (non-hydrogen) atoms. The first-order valence-corrected chi connectivity index (χ1v) is 5.79. The van der Waals surface area contributed by atoms with Crippen molar-refractivity contribution in [1.29, 1.82) is 0 Å². The summed E-state index contributed by atoms with van der Waals surface area (Å²) in [5.74, 6) is -7.60. The van der Waals surface area contributed by atoms with Gasteiger partial charge in [0.05, 0.1) is 6.61 Å². The summed E-state index contributed by atoms with van der Waals surface area (Å²) in [5, 5.41) is 56.0. The second-order valence-corrected chi connectivity index (χ2v) is 4.22. The van der Waals surface area contributed by atoms with E-state index in [0.29, 0.717) is 0 Å². The summed E-state index contributed by atoms with van der Waals surface area (Å²) in [7, 11) is 0. The number of Topliss-reactive ketones (excluding diaryl/α,β-unsaturated/α-hetero) is 1. The molecule has 0 aromatic carbocycles. The summed E-state index contributed by atoms with van der Waals surface area (Å²) in [6, 6.07) is 0. The van der Waals surface area contributed by atoms with Gasteiger partial charge in [0, 0.05) is 6.92 Å². The van der Waals surface area contributed by atoms with E-state index in [0.717, 1.165) is 6.92 Å². The van der Waals surface area contributed by atoms with Crippen LogP contribution in [0.5, 0.6) is 0 Å². The summed E-state index contributed by atoms with van der Waals surface area (Å²) >= 11 is 2.28. The molecule has 0 aromatic rings. The van der Waals surface area contributed by atoms with Crippen LogP contribution in [0.2, 0.25) is 0 Å². The molecule has 1 heterocycles. The lowest BCUT2D eigenvalue weighted by atomic mass is 9.87. The molecule has 1 fully saturated rings. The van der Waals surface area contributed by atoms with E-state index in [4.69, 9.17) is 9.84 Å². The molecule has 1 saturated heterocycles. The summed E-state index contributed by atoms with van der Waals surface area (Å²) in [5.41, 5.74) is 0. The summed E-state index contributed by atoms with van der Waals surface area (Å²) in [6.07, 6.45) is -5.75. The van der Waals surface area contributed by atoms with Crippen LogP contribution >= 0.6 is 16.3 Å². The molecule has 0 radical (unpaired) electrons. The van der Waals surface area contributed by atoms with Gasteiger partial charge in [-0.05, 0) is 10.1 Å². The number of hydrogen-bond donors (Lipinski definition) is 5. The second kappa shape index (κ2) is 6.67. The van der Waals surface area contributed by atoms with Crippen molar-refractivity contribution in [3.8, 4) is 0 Å². The van der Waals surface area contributed by atoms with Crippen LogP contribution in [-0.4, -0.2) is 67.8 Å². The van der Waals surface area contributed by atoms with Crippen molar-refractivity contribution in [3.05, 3.63) is 0 Å². The molecule has 118 valence electrons. The smallest absolute Gasteiger partial charge is 0.293 e. The molecule has 1 aliphatic heterocycles. The van der Waals surface area contributed by atoms with Gasteiger partial charge in [0.1, 0.15) is 34.6 Å². The van der Waals surface area contributed by atoms with Crippen LogP contribution in [0.25, 0.3) is 0 Å². The number of rotatable bonds is 6. The standard InChI is InChI=1S/C8H13BrO11/c1-3(11)7(14)8(15,17-19-20-18-9)6(13)5(12)4(2-10)16-7/h4-6,10,12-15H,2H2,1H3/t4-,5+,6+,7-,8+/m1/s1. The second-order valence-electron chi connectivity index (χ2n) is 3.95. The molecule has 11 nitrogen and oxygen atoms in total. The minimum atomic E-state index is -3.25. The summed E-state index contributed by atoms with van der Waals surface area (Å²) in [4.78, 5) is 15.6. The van der Waals surface area contributed by atoms with E-state index >= 15 is 0 Å². The van der Waals surface area contributed by atoms with Gasteiger partial charge in [0.2, 0.25) is 0 Å². The van der Waals surface area contributed by atoms with Crippen LogP contribution in [0.4, 0.5) is 0 Å². The molecule has 5 N–H and O–H groups in total. The first-order chi connectivity index (χ1) is 9.24. The molecular formula is C8H13BrO11. The monoisotopic (exact) mass is 364 g/mol. The van der Waals surface area contributed by atoms with E-state index in [1.54, 1.807) is 0 Å². The Labute approximate surface area is 120 Å². The van der Waals surface area contributed by atoms with Gasteiger partial charge in [-0.2, -0.15) is 4.89 Å². The summed E-state index contributed by atoms with van der Waals surface area (Å²) < 4.78 is 8.47. The van der Waals surface area contributed by atoms with Crippen molar-refractivity contribution in [2.45, 2.75) is 36.8 Å². The average Bonchev–Trinajstić information content (AvgIpc) is 2.41. The topological polar surface area (TPSA) is 164 Å². The van der Waals surface area contributed by atoms with E-state index in [-0.39, 0.29) is 0 Å². The van der Waals surface area contributed by atoms with Gasteiger partial charge in [-0.25, -0.2) is 0 Å². The highest BCUT2D eigenvalue weighted by Gasteiger charge is 2.69. The third kappa shape index (κ3) is 2.86. The number of carbonyl (C=O) groups is 1. The molecule has 0 amide bonds. The number of carbonyl (C=O) groups excluding carboxylic acids is 1. The minimum absolute atomic E-state index is 0.801. The van der Waals surface area contributed by atoms with Crippen LogP contribution in [0.15, 0.2) is 0 Å². The Morgan fingerprint density at radius 1 is 1.35 bits per heavy atom. The van der Waals surface area contributed by atoms with Crippen LogP contribution in [0.3, 0.4) is 0 Å². The molecule has 0 bridgehead atoms. The number of ether oxygens (including phenoxy) is 1. The lowest BCUT2D eigenvalue weighted by Gasteiger charge is -2.49. The predicted molar refractivity (Wildman–Crippen MR) is 57.8 cm³/mol. The van der Waals surface area contributed by atoms with Crippen LogP contribution < -0.4 is 0 Å². The fourth-order valence-electron chi connectivity index (χ4n) is 1.67. The fourth-order valence-corrected chi connectivity index (χ4v) is 1.71. The van der Waals surface area contributed by atoms with Crippen LogP contribution in [0, 0.1) is 0 Å². The number of aliphatic hydroxyl groups is 5. The number of halogens is 1. The number of ketones is 1. The Bertz CT molecular complexity index is 353. The van der Waals surface area contributed by atoms with Gasteiger partial charge in [-0.1, -0.05) is 0 Å². The quantitative estimate of drug-likeness (QED) is 0.143. The first kappa shape index (κ1) is 17.8. The molecular weight excluding hydrogens is 352 g/mol. The van der Waals surface area contributed by atoms with Crippen molar-refractivity contribution in [2.75, 3.05) is 6.61 Å². The zero-order valence-electron chi connectivity index (χ0n) is 10.0. The third-order valence-corrected chi connectivity index (χ3v) is 2.89. The molecule has 0 aliphatic carbocycles. The largest absolute Gasteiger partial charge is 0.394 e. The van der Waals surface area contributed by atoms with Crippen molar-refractivity contribution in [2.24, 2.45) is 0 Å². The van der Waals surface area contributed by atoms with Crippen molar-refractivity contribution in [3.63, 3.8) is 0 Å². The van der Waals surface area contributed by atoms with E-state index < -0.39 is 42.3 Å². The SMILES string of the molecule is CC(=O)[C@@]1(O)O[C@H](CO)[C@H](O)[C@H](O)[C@]1(O)OOOOBr. The Morgan fingerprint density at radius 2 is 1.95 bits per heavy atom. The van der Waals surface area contributed by atoms with Crippen molar-refractivity contribution in [1.82, 2.24) is 0 Å². The first-order valence-electron chi connectivity index (χ1n) is 5.15. The van der Waals surface area contributed by atoms with Gasteiger partial charge in [0.15, 0.2) is 5.78 Å². The molecule has 1 rings (SSSR count). The van der Waals surface area contributed by atoms with Gasteiger partial charge in [-0.15, -0.1) is 3.98 Å². The summed E-state index contributed by atoms with van der Waals surface area (Å²) in [6.45, 7) is -0.0548. The Kier molecular flexibility index (Phi) is 5.94. The van der Waals surface area contributed by atoms with Gasteiger partial charge < -0.3 is 30.3 Å². The normalized spacial score (nSPS) is 41.6. The molecule has 5 atom stereocenters. The Balaban J connectivity index is 3.10. The number of hydrogen-bond acceptors (Lipinski definition) is 11. The highest BCUT2D eigenvalue weighted by molar-refractivity contribution is 9.05. The highest BCUT2D eigenvalue weighted by atomic mass is 79.9. The fraction of sp³-hybridized carbons (Fsp3) is 0.875. The van der Waals surface area contributed by atoms with Crippen molar-refractivity contribution < 1.29 is 54.0 Å². The van der Waals surface area contributed by atoms with E-state index in [2.05, 4.69) is 35.2 Å². The molecule has 1 aliphatic rings. The van der Waals surface area contributed by atoms with E-state index in [1.807, 2.05) is 0 Å². The minimum Gasteiger partial charge on any atom is -0.394 e. The van der Waals surface area contributed by atoms with Gasteiger partial charge >= 0.3 is 0 Å². The maximum atomic E-state index is 11.5. The molecule has 0 unspecified atom stereocenters. The van der Waals surface area contributed by atoms with Gasteiger partial charge in [-0.3, -0.25) is 4.79 Å². The highest BCUT2D eigenvalue weighted by Crippen LogP contribution is 2.38. The number of aliphatic hydroxyl groups excluding tert-OH is 3. The van der Waals surface area contributed by atoms with Crippen LogP contribution in [0.1, 0.15) is 6.92 Å². The van der Waals surface area contributed by atoms with Crippen molar-refractivity contribution >= 4 is 22.0 Å². The zero-order chi connectivity index (χ0) is 15.6. The lowest BCUT2D eigenvalue weighted by Crippen LogP contribution is -2.76. The molecule has 12 heteroatoms.